The first-order valence-corrected chi connectivity index (χ1v) is 13.3. The standard InChI is InChI=1S/C33H42N2O3/c1-24-14-13-17-26(20-24)22-35(30(36)23-38-29-19-12-11-18-27(29)32(2,3)4)28(31(37)34-33(5,6)7)21-25-15-9-8-10-16-25/h8-20,28H,21-23H2,1-7H3,(H,34,37)/t28-/m1/s1. The molecule has 0 aromatic heterocycles. The second-order valence-electron chi connectivity index (χ2n) is 12.0. The Hall–Kier alpha value is -3.60. The van der Waals surface area contributed by atoms with Gasteiger partial charge in [-0.05, 0) is 55.9 Å². The van der Waals surface area contributed by atoms with Crippen molar-refractivity contribution in [2.24, 2.45) is 0 Å². The summed E-state index contributed by atoms with van der Waals surface area (Å²) >= 11 is 0. The van der Waals surface area contributed by atoms with E-state index in [1.807, 2.05) is 100 Å². The average molecular weight is 515 g/mol. The third-order valence-electron chi connectivity index (χ3n) is 6.25. The van der Waals surface area contributed by atoms with E-state index < -0.39 is 11.6 Å². The molecule has 3 rings (SSSR count). The molecule has 0 saturated carbocycles. The van der Waals surface area contributed by atoms with Crippen LogP contribution in [0.5, 0.6) is 5.75 Å². The quantitative estimate of drug-likeness (QED) is 0.368. The van der Waals surface area contributed by atoms with Gasteiger partial charge in [-0.1, -0.05) is 99.1 Å². The number of nitrogens with zero attached hydrogens (tertiary/aromatic N) is 1. The van der Waals surface area contributed by atoms with Crippen molar-refractivity contribution < 1.29 is 14.3 Å². The number of nitrogens with one attached hydrogen (secondary N) is 1. The van der Waals surface area contributed by atoms with Gasteiger partial charge in [0.15, 0.2) is 6.61 Å². The fourth-order valence-electron chi connectivity index (χ4n) is 4.45. The number of carbonyl (C=O) groups excluding carboxylic acids is 2. The Balaban J connectivity index is 1.96. The number of ether oxygens (including phenoxy) is 1. The van der Waals surface area contributed by atoms with Crippen molar-refractivity contribution in [3.8, 4) is 5.75 Å². The molecule has 202 valence electrons. The van der Waals surface area contributed by atoms with Crippen LogP contribution in [0, 0.1) is 6.92 Å². The normalized spacial score (nSPS) is 12.5. The molecule has 38 heavy (non-hydrogen) atoms. The van der Waals surface area contributed by atoms with Gasteiger partial charge in [0.05, 0.1) is 0 Å². The van der Waals surface area contributed by atoms with Crippen LogP contribution < -0.4 is 10.1 Å². The molecule has 3 aromatic rings. The Bertz CT molecular complexity index is 1220. The van der Waals surface area contributed by atoms with Crippen LogP contribution in [0.1, 0.15) is 63.8 Å². The largest absolute Gasteiger partial charge is 0.483 e. The van der Waals surface area contributed by atoms with Gasteiger partial charge in [0.25, 0.3) is 5.91 Å². The summed E-state index contributed by atoms with van der Waals surface area (Å²) in [6, 6.07) is 25.0. The lowest BCUT2D eigenvalue weighted by Crippen LogP contribution is -2.55. The van der Waals surface area contributed by atoms with Crippen molar-refractivity contribution in [3.05, 3.63) is 101 Å². The van der Waals surface area contributed by atoms with Crippen LogP contribution in [-0.4, -0.2) is 34.9 Å². The molecule has 0 unspecified atom stereocenters. The maximum atomic E-state index is 13.9. The highest BCUT2D eigenvalue weighted by atomic mass is 16.5. The Morgan fingerprint density at radius 2 is 1.47 bits per heavy atom. The van der Waals surface area contributed by atoms with Crippen molar-refractivity contribution in [1.82, 2.24) is 10.2 Å². The van der Waals surface area contributed by atoms with Crippen LogP contribution >= 0.6 is 0 Å². The summed E-state index contributed by atoms with van der Waals surface area (Å²) in [6.45, 7) is 14.4. The molecule has 2 amide bonds. The first-order chi connectivity index (χ1) is 17.8. The van der Waals surface area contributed by atoms with Crippen molar-refractivity contribution in [1.29, 1.82) is 0 Å². The number of benzene rings is 3. The molecule has 3 aromatic carbocycles. The molecule has 0 saturated heterocycles. The van der Waals surface area contributed by atoms with E-state index >= 15 is 0 Å². The fraction of sp³-hybridized carbons (Fsp3) is 0.394. The molecule has 1 atom stereocenters. The Labute approximate surface area is 228 Å². The van der Waals surface area contributed by atoms with Gasteiger partial charge in [-0.25, -0.2) is 0 Å². The molecule has 1 N–H and O–H groups in total. The molecular formula is C33H42N2O3. The maximum Gasteiger partial charge on any atom is 0.261 e. The maximum absolute atomic E-state index is 13.9. The van der Waals surface area contributed by atoms with Crippen molar-refractivity contribution in [3.63, 3.8) is 0 Å². The highest BCUT2D eigenvalue weighted by Crippen LogP contribution is 2.31. The number of carbonyl (C=O) groups is 2. The van der Waals surface area contributed by atoms with Crippen LogP contribution in [0.3, 0.4) is 0 Å². The third kappa shape index (κ3) is 8.47. The van der Waals surface area contributed by atoms with Crippen molar-refractivity contribution in [2.75, 3.05) is 6.61 Å². The summed E-state index contributed by atoms with van der Waals surface area (Å²) in [7, 11) is 0. The summed E-state index contributed by atoms with van der Waals surface area (Å²) in [5.74, 6) is 0.264. The molecule has 5 heteroatoms. The fourth-order valence-corrected chi connectivity index (χ4v) is 4.45. The van der Waals surface area contributed by atoms with Gasteiger partial charge >= 0.3 is 0 Å². The zero-order valence-electron chi connectivity index (χ0n) is 23.9. The Morgan fingerprint density at radius 1 is 0.842 bits per heavy atom. The van der Waals surface area contributed by atoms with E-state index in [4.69, 9.17) is 4.74 Å². The van der Waals surface area contributed by atoms with E-state index in [0.717, 1.165) is 22.3 Å². The van der Waals surface area contributed by atoms with Gasteiger partial charge in [0.1, 0.15) is 11.8 Å². The number of amides is 2. The lowest BCUT2D eigenvalue weighted by molar-refractivity contribution is -0.143. The molecule has 5 nitrogen and oxygen atoms in total. The smallest absolute Gasteiger partial charge is 0.261 e. The van der Waals surface area contributed by atoms with Crippen LogP contribution in [0.2, 0.25) is 0 Å². The molecule has 0 aliphatic heterocycles. The number of rotatable bonds is 9. The van der Waals surface area contributed by atoms with Gasteiger partial charge in [0, 0.05) is 18.5 Å². The molecule has 0 radical (unpaired) electrons. The first-order valence-electron chi connectivity index (χ1n) is 13.3. The minimum atomic E-state index is -0.703. The molecule has 0 bridgehead atoms. The van der Waals surface area contributed by atoms with Crippen molar-refractivity contribution in [2.45, 2.75) is 78.4 Å². The highest BCUT2D eigenvalue weighted by molar-refractivity contribution is 5.89. The lowest BCUT2D eigenvalue weighted by Gasteiger charge is -2.34. The predicted molar refractivity (Wildman–Crippen MR) is 154 cm³/mol. The third-order valence-corrected chi connectivity index (χ3v) is 6.25. The predicted octanol–water partition coefficient (Wildman–Crippen LogP) is 6.23. The number of hydrogen-bond donors (Lipinski definition) is 1. The van der Waals surface area contributed by atoms with E-state index in [0.29, 0.717) is 18.7 Å². The van der Waals surface area contributed by atoms with Gasteiger partial charge in [-0.3, -0.25) is 9.59 Å². The minimum absolute atomic E-state index is 0.136. The number of hydrogen-bond acceptors (Lipinski definition) is 3. The zero-order valence-corrected chi connectivity index (χ0v) is 23.9. The minimum Gasteiger partial charge on any atom is -0.483 e. The molecule has 0 fully saturated rings. The number of para-hydroxylation sites is 1. The first kappa shape index (κ1) is 29.0. The van der Waals surface area contributed by atoms with E-state index in [2.05, 4.69) is 32.2 Å². The molecule has 0 spiro atoms. The summed E-state index contributed by atoms with van der Waals surface area (Å²) < 4.78 is 6.13. The average Bonchev–Trinajstić information content (AvgIpc) is 2.84. The highest BCUT2D eigenvalue weighted by Gasteiger charge is 2.32. The summed E-state index contributed by atoms with van der Waals surface area (Å²) in [6.07, 6.45) is 0.402. The molecular weight excluding hydrogens is 472 g/mol. The Morgan fingerprint density at radius 3 is 2.11 bits per heavy atom. The van der Waals surface area contributed by atoms with Crippen LogP contribution in [-0.2, 0) is 28.0 Å². The van der Waals surface area contributed by atoms with E-state index in [-0.39, 0.29) is 23.8 Å². The van der Waals surface area contributed by atoms with Gasteiger partial charge in [0.2, 0.25) is 5.91 Å². The second kappa shape index (κ2) is 12.3. The zero-order chi connectivity index (χ0) is 27.9. The topological polar surface area (TPSA) is 58.6 Å². The van der Waals surface area contributed by atoms with E-state index in [1.54, 1.807) is 4.90 Å². The van der Waals surface area contributed by atoms with Crippen LogP contribution in [0.15, 0.2) is 78.9 Å². The summed E-state index contributed by atoms with van der Waals surface area (Å²) in [5.41, 5.74) is 3.52. The monoisotopic (exact) mass is 514 g/mol. The number of aryl methyl sites for hydroxylation is 1. The van der Waals surface area contributed by atoms with E-state index in [9.17, 15) is 9.59 Å². The van der Waals surface area contributed by atoms with Crippen molar-refractivity contribution >= 4 is 11.8 Å². The molecule has 0 aliphatic carbocycles. The van der Waals surface area contributed by atoms with E-state index in [1.165, 1.54) is 0 Å². The second-order valence-corrected chi connectivity index (χ2v) is 12.0. The molecule has 0 heterocycles. The van der Waals surface area contributed by atoms with Crippen LogP contribution in [0.25, 0.3) is 0 Å². The molecule has 0 aliphatic rings. The van der Waals surface area contributed by atoms with Crippen LogP contribution in [0.4, 0.5) is 0 Å². The van der Waals surface area contributed by atoms with Gasteiger partial charge in [-0.15, -0.1) is 0 Å². The SMILES string of the molecule is Cc1cccc(CN(C(=O)COc2ccccc2C(C)(C)C)[C@H](Cc2ccccc2)C(=O)NC(C)(C)C)c1. The summed E-state index contributed by atoms with van der Waals surface area (Å²) in [5, 5.41) is 3.10. The summed E-state index contributed by atoms with van der Waals surface area (Å²) in [4.78, 5) is 29.2. The van der Waals surface area contributed by atoms with Gasteiger partial charge in [-0.2, -0.15) is 0 Å². The van der Waals surface area contributed by atoms with Gasteiger partial charge < -0.3 is 15.0 Å². The lowest BCUT2D eigenvalue weighted by atomic mass is 9.86. The Kier molecular flexibility index (Phi) is 9.37.